The molecule has 0 bridgehead atoms. The van der Waals surface area contributed by atoms with E-state index in [1.54, 1.807) is 0 Å². The fourth-order valence-electron chi connectivity index (χ4n) is 0.266. The van der Waals surface area contributed by atoms with Gasteiger partial charge in [0.1, 0.15) is 0 Å². The topological polar surface area (TPSA) is 56.7 Å². The molecule has 0 fully saturated rings. The van der Waals surface area contributed by atoms with E-state index in [0.29, 0.717) is 5.82 Å². The summed E-state index contributed by atoms with van der Waals surface area (Å²) in [5.41, 5.74) is 5.14. The molecule has 0 atom stereocenters. The predicted octanol–water partition coefficient (Wildman–Crippen LogP) is -0.447. The summed E-state index contributed by atoms with van der Waals surface area (Å²) in [5.74, 6) is 0.384. The second kappa shape index (κ2) is 1.42. The van der Waals surface area contributed by atoms with Crippen molar-refractivity contribution in [2.75, 3.05) is 5.73 Å². The highest BCUT2D eigenvalue weighted by atomic mass is 32.1. The number of rotatable bonds is 0. The molecule has 0 amide bonds. The molecular formula is C2H4N4S. The van der Waals surface area contributed by atoms with Crippen molar-refractivity contribution < 1.29 is 0 Å². The van der Waals surface area contributed by atoms with Crippen LogP contribution in [0.5, 0.6) is 0 Å². The van der Waals surface area contributed by atoms with Gasteiger partial charge in [-0.1, -0.05) is 0 Å². The van der Waals surface area contributed by atoms with Gasteiger partial charge in [-0.05, 0) is 12.8 Å². The third-order valence-electron chi connectivity index (χ3n) is 0.498. The summed E-state index contributed by atoms with van der Waals surface area (Å²) in [6, 6.07) is 0. The highest BCUT2D eigenvalue weighted by molar-refractivity contribution is 7.78. The minimum atomic E-state index is 0.384. The summed E-state index contributed by atoms with van der Waals surface area (Å²) in [6.45, 7) is 0. The molecule has 2 N–H and O–H groups in total. The van der Waals surface area contributed by atoms with E-state index in [1.807, 2.05) is 0 Å². The zero-order valence-corrected chi connectivity index (χ0v) is 4.34. The number of hydrogen-bond acceptors (Lipinski definition) is 4. The standard InChI is InChI=1S/C2H4N4S/c3-2-1-4-6(7)5-2/h1,7H,(H2,3,5). The molecule has 0 radical (unpaired) electrons. The number of nitrogens with two attached hydrogens (primary N) is 1. The van der Waals surface area contributed by atoms with Gasteiger partial charge in [0.2, 0.25) is 0 Å². The van der Waals surface area contributed by atoms with Crippen LogP contribution in [0.25, 0.3) is 0 Å². The summed E-state index contributed by atoms with van der Waals surface area (Å²) in [4.78, 5) is 0. The lowest BCUT2D eigenvalue weighted by Gasteiger charge is -1.75. The molecule has 38 valence electrons. The van der Waals surface area contributed by atoms with Crippen LogP contribution in [0.2, 0.25) is 0 Å². The summed E-state index contributed by atoms with van der Waals surface area (Å²) in [6.07, 6.45) is 1.42. The van der Waals surface area contributed by atoms with Gasteiger partial charge in [0.05, 0.1) is 6.20 Å². The second-order valence-electron chi connectivity index (χ2n) is 1.04. The number of nitrogens with zero attached hydrogens (tertiary/aromatic N) is 3. The maximum absolute atomic E-state index is 5.14. The molecule has 0 aliphatic heterocycles. The van der Waals surface area contributed by atoms with E-state index in [4.69, 9.17) is 5.73 Å². The predicted molar refractivity (Wildman–Crippen MR) is 28.8 cm³/mol. The Balaban J connectivity index is 3.04. The van der Waals surface area contributed by atoms with Gasteiger partial charge in [0.15, 0.2) is 5.82 Å². The molecule has 1 aromatic rings. The van der Waals surface area contributed by atoms with Crippen LogP contribution in [-0.2, 0) is 0 Å². The van der Waals surface area contributed by atoms with Crippen molar-refractivity contribution in [1.82, 2.24) is 14.4 Å². The smallest absolute Gasteiger partial charge is 0.167 e. The lowest BCUT2D eigenvalue weighted by molar-refractivity contribution is 0.875. The molecule has 0 saturated heterocycles. The highest BCUT2D eigenvalue weighted by Crippen LogP contribution is 1.89. The van der Waals surface area contributed by atoms with Gasteiger partial charge < -0.3 is 5.73 Å². The van der Waals surface area contributed by atoms with E-state index in [2.05, 4.69) is 23.0 Å². The Morgan fingerprint density at radius 1 is 1.86 bits per heavy atom. The summed E-state index contributed by atoms with van der Waals surface area (Å²) in [5, 5.41) is 7.12. The fourth-order valence-corrected chi connectivity index (χ4v) is 0.421. The number of hydrogen-bond donors (Lipinski definition) is 2. The van der Waals surface area contributed by atoms with E-state index in [0.717, 1.165) is 4.20 Å². The Hall–Kier alpha value is -0.710. The fraction of sp³-hybridized carbons (Fsp3) is 0. The van der Waals surface area contributed by atoms with Crippen molar-refractivity contribution in [2.45, 2.75) is 0 Å². The first-order valence-electron chi connectivity index (χ1n) is 1.66. The largest absolute Gasteiger partial charge is 0.381 e. The zero-order chi connectivity index (χ0) is 5.28. The van der Waals surface area contributed by atoms with Crippen LogP contribution in [0, 0.1) is 0 Å². The van der Waals surface area contributed by atoms with Crippen LogP contribution < -0.4 is 5.73 Å². The maximum atomic E-state index is 5.14. The molecule has 5 heteroatoms. The molecule has 0 spiro atoms. The number of aromatic nitrogens is 3. The zero-order valence-electron chi connectivity index (χ0n) is 3.44. The van der Waals surface area contributed by atoms with E-state index < -0.39 is 0 Å². The number of thiol groups is 1. The molecule has 0 aromatic carbocycles. The minimum Gasteiger partial charge on any atom is -0.381 e. The highest BCUT2D eigenvalue weighted by Gasteiger charge is 1.85. The van der Waals surface area contributed by atoms with Crippen LogP contribution >= 0.6 is 12.8 Å². The SMILES string of the molecule is Nc1cnn(S)n1. The molecule has 1 rings (SSSR count). The summed E-state index contributed by atoms with van der Waals surface area (Å²) in [7, 11) is 0. The lowest BCUT2D eigenvalue weighted by atomic mass is 10.8. The Bertz CT molecular complexity index is 142. The minimum absolute atomic E-state index is 0.384. The van der Waals surface area contributed by atoms with E-state index in [1.165, 1.54) is 6.20 Å². The molecule has 0 unspecified atom stereocenters. The molecule has 0 aliphatic carbocycles. The monoisotopic (exact) mass is 116 g/mol. The normalized spacial score (nSPS) is 9.29. The summed E-state index contributed by atoms with van der Waals surface area (Å²) >= 11 is 3.72. The van der Waals surface area contributed by atoms with E-state index in [9.17, 15) is 0 Å². The van der Waals surface area contributed by atoms with Crippen LogP contribution in [0.1, 0.15) is 0 Å². The molecule has 1 aromatic heterocycles. The van der Waals surface area contributed by atoms with Crippen molar-refractivity contribution in [3.63, 3.8) is 0 Å². The van der Waals surface area contributed by atoms with Crippen molar-refractivity contribution in [3.05, 3.63) is 6.20 Å². The Morgan fingerprint density at radius 2 is 2.57 bits per heavy atom. The lowest BCUT2D eigenvalue weighted by Crippen LogP contribution is -1.86. The van der Waals surface area contributed by atoms with Gasteiger partial charge in [-0.25, -0.2) is 0 Å². The number of nitrogen functional groups attached to an aromatic ring is 1. The molecule has 0 aliphatic rings. The van der Waals surface area contributed by atoms with Crippen molar-refractivity contribution in [3.8, 4) is 0 Å². The molecule has 0 saturated carbocycles. The van der Waals surface area contributed by atoms with E-state index in [-0.39, 0.29) is 0 Å². The van der Waals surface area contributed by atoms with Crippen molar-refractivity contribution in [2.24, 2.45) is 0 Å². The first-order valence-corrected chi connectivity index (χ1v) is 2.06. The Kier molecular flexibility index (Phi) is 0.900. The first kappa shape index (κ1) is 4.45. The molecule has 1 heterocycles. The average molecular weight is 116 g/mol. The van der Waals surface area contributed by atoms with Crippen molar-refractivity contribution >= 4 is 18.6 Å². The number of anilines is 1. The van der Waals surface area contributed by atoms with Crippen LogP contribution in [-0.4, -0.2) is 14.4 Å². The summed E-state index contributed by atoms with van der Waals surface area (Å²) < 4.78 is 1.11. The Morgan fingerprint density at radius 3 is 2.71 bits per heavy atom. The van der Waals surface area contributed by atoms with Crippen LogP contribution in [0.15, 0.2) is 6.20 Å². The van der Waals surface area contributed by atoms with Gasteiger partial charge in [-0.3, -0.25) is 0 Å². The Labute approximate surface area is 45.9 Å². The van der Waals surface area contributed by atoms with Gasteiger partial charge in [-0.2, -0.15) is 0 Å². The van der Waals surface area contributed by atoms with Crippen LogP contribution in [0.3, 0.4) is 0 Å². The van der Waals surface area contributed by atoms with Gasteiger partial charge >= 0.3 is 0 Å². The quantitative estimate of drug-likeness (QED) is 0.451. The van der Waals surface area contributed by atoms with Gasteiger partial charge in [0.25, 0.3) is 0 Å². The average Bonchev–Trinajstić information content (AvgIpc) is 1.87. The third-order valence-corrected chi connectivity index (χ3v) is 0.691. The van der Waals surface area contributed by atoms with Gasteiger partial charge in [0, 0.05) is 0 Å². The molecule has 4 nitrogen and oxygen atoms in total. The third kappa shape index (κ3) is 0.833. The second-order valence-corrected chi connectivity index (χ2v) is 1.40. The molecule has 7 heavy (non-hydrogen) atoms. The van der Waals surface area contributed by atoms with Crippen molar-refractivity contribution in [1.29, 1.82) is 0 Å². The van der Waals surface area contributed by atoms with E-state index >= 15 is 0 Å². The van der Waals surface area contributed by atoms with Crippen LogP contribution in [0.4, 0.5) is 5.82 Å². The van der Waals surface area contributed by atoms with Gasteiger partial charge in [-0.15, -0.1) is 14.4 Å². The molecular weight excluding hydrogens is 112 g/mol. The first-order chi connectivity index (χ1) is 3.29. The maximum Gasteiger partial charge on any atom is 0.167 e.